The zero-order chi connectivity index (χ0) is 26.9. The third kappa shape index (κ3) is 15.0. The van der Waals surface area contributed by atoms with E-state index in [2.05, 4.69) is 10.6 Å². The standard InChI is InChI=1S/C18H27NO5.C12H23N/c1-18(2,3)24-17(22)19-15(16(20)21)11-7-8-12-23-13-14-9-5-4-6-10-14;1-3-7-11(8-4-1)13-12-9-5-2-6-10-12/h4-6,9-10,15H,7-8,11-13H2,1-3H3,(H,19,22)(H,20,21);11-13H,1-10H2/t15-;/m1./s1. The number of carbonyl (C=O) groups excluding carboxylic acids is 1. The summed E-state index contributed by atoms with van der Waals surface area (Å²) in [7, 11) is 0. The molecule has 2 aliphatic rings. The van der Waals surface area contributed by atoms with Crippen LogP contribution in [0.2, 0.25) is 0 Å². The monoisotopic (exact) mass is 518 g/mol. The topological polar surface area (TPSA) is 96.9 Å². The lowest BCUT2D eigenvalue weighted by atomic mass is 9.91. The van der Waals surface area contributed by atoms with Crippen LogP contribution in [0.4, 0.5) is 4.79 Å². The van der Waals surface area contributed by atoms with Crippen LogP contribution in [0.1, 0.15) is 110 Å². The zero-order valence-corrected chi connectivity index (χ0v) is 23.3. The van der Waals surface area contributed by atoms with Gasteiger partial charge in [-0.1, -0.05) is 68.9 Å². The van der Waals surface area contributed by atoms with E-state index in [9.17, 15) is 14.7 Å². The van der Waals surface area contributed by atoms with Crippen molar-refractivity contribution in [2.75, 3.05) is 6.61 Å². The fourth-order valence-electron chi connectivity index (χ4n) is 4.90. The Morgan fingerprint density at radius 3 is 2.00 bits per heavy atom. The minimum Gasteiger partial charge on any atom is -0.480 e. The van der Waals surface area contributed by atoms with Crippen molar-refractivity contribution < 1.29 is 24.2 Å². The molecule has 1 aromatic carbocycles. The number of carbonyl (C=O) groups is 2. The van der Waals surface area contributed by atoms with Crippen molar-refractivity contribution in [3.63, 3.8) is 0 Å². The Bertz CT molecular complexity index is 737. The van der Waals surface area contributed by atoms with Crippen LogP contribution >= 0.6 is 0 Å². The van der Waals surface area contributed by atoms with Gasteiger partial charge in [0.15, 0.2) is 0 Å². The molecular weight excluding hydrogens is 468 g/mol. The van der Waals surface area contributed by atoms with Crippen molar-refractivity contribution >= 4 is 12.1 Å². The molecule has 1 amide bonds. The predicted molar refractivity (Wildman–Crippen MR) is 148 cm³/mol. The lowest BCUT2D eigenvalue weighted by Gasteiger charge is -2.30. The average Bonchev–Trinajstić information content (AvgIpc) is 2.86. The highest BCUT2D eigenvalue weighted by Gasteiger charge is 2.23. The molecule has 7 nitrogen and oxygen atoms in total. The van der Waals surface area contributed by atoms with Crippen molar-refractivity contribution in [2.45, 2.75) is 135 Å². The van der Waals surface area contributed by atoms with E-state index < -0.39 is 23.7 Å². The first kappa shape index (κ1) is 31.1. The van der Waals surface area contributed by atoms with Gasteiger partial charge in [0.25, 0.3) is 0 Å². The van der Waals surface area contributed by atoms with E-state index in [4.69, 9.17) is 9.47 Å². The molecule has 37 heavy (non-hydrogen) atoms. The van der Waals surface area contributed by atoms with Crippen LogP contribution < -0.4 is 10.6 Å². The quantitative estimate of drug-likeness (QED) is 0.286. The first-order valence-corrected chi connectivity index (χ1v) is 14.3. The van der Waals surface area contributed by atoms with Crippen molar-refractivity contribution in [1.82, 2.24) is 10.6 Å². The largest absolute Gasteiger partial charge is 0.480 e. The maximum Gasteiger partial charge on any atom is 0.408 e. The number of ether oxygens (including phenoxy) is 2. The van der Waals surface area contributed by atoms with Gasteiger partial charge in [-0.2, -0.15) is 0 Å². The van der Waals surface area contributed by atoms with Gasteiger partial charge < -0.3 is 25.2 Å². The molecule has 1 atom stereocenters. The number of alkyl carbamates (subject to hydrolysis) is 1. The fraction of sp³-hybridized carbons (Fsp3) is 0.733. The molecule has 0 bridgehead atoms. The number of benzene rings is 1. The summed E-state index contributed by atoms with van der Waals surface area (Å²) >= 11 is 0. The first-order valence-electron chi connectivity index (χ1n) is 14.3. The second kappa shape index (κ2) is 17.4. The summed E-state index contributed by atoms with van der Waals surface area (Å²) in [5.74, 6) is -1.06. The summed E-state index contributed by atoms with van der Waals surface area (Å²) in [6.45, 7) is 6.28. The Labute approximate surface area is 224 Å². The molecule has 210 valence electrons. The number of carboxylic acids is 1. The van der Waals surface area contributed by atoms with Gasteiger partial charge in [0.1, 0.15) is 11.6 Å². The Hall–Kier alpha value is -2.12. The van der Waals surface area contributed by atoms with Crippen LogP contribution in [0, 0.1) is 0 Å². The minimum atomic E-state index is -1.06. The summed E-state index contributed by atoms with van der Waals surface area (Å²) in [5.41, 5.74) is 0.450. The normalized spacial score (nSPS) is 17.8. The number of hydrogen-bond acceptors (Lipinski definition) is 5. The lowest BCUT2D eigenvalue weighted by Crippen LogP contribution is -2.43. The second-order valence-electron chi connectivity index (χ2n) is 11.4. The highest BCUT2D eigenvalue weighted by atomic mass is 16.6. The molecule has 3 rings (SSSR count). The van der Waals surface area contributed by atoms with Crippen LogP contribution in [0.25, 0.3) is 0 Å². The van der Waals surface area contributed by atoms with Gasteiger partial charge in [-0.15, -0.1) is 0 Å². The number of carboxylic acid groups (broad SMARTS) is 1. The second-order valence-corrected chi connectivity index (χ2v) is 11.4. The minimum absolute atomic E-state index is 0.337. The molecule has 0 radical (unpaired) electrons. The van der Waals surface area contributed by atoms with E-state index in [-0.39, 0.29) is 0 Å². The van der Waals surface area contributed by atoms with E-state index in [0.717, 1.165) is 24.1 Å². The van der Waals surface area contributed by atoms with Gasteiger partial charge in [-0.05, 0) is 71.3 Å². The Kier molecular flexibility index (Phi) is 14.6. The molecule has 0 spiro atoms. The number of rotatable bonds is 11. The van der Waals surface area contributed by atoms with Gasteiger partial charge in [0.2, 0.25) is 0 Å². The molecule has 0 aliphatic heterocycles. The number of aliphatic carboxylic acids is 1. The maximum atomic E-state index is 11.6. The summed E-state index contributed by atoms with van der Waals surface area (Å²) in [6.07, 6.45) is 15.6. The van der Waals surface area contributed by atoms with Gasteiger partial charge in [0, 0.05) is 18.7 Å². The fourth-order valence-corrected chi connectivity index (χ4v) is 4.90. The number of hydrogen-bond donors (Lipinski definition) is 3. The van der Waals surface area contributed by atoms with Crippen LogP contribution in [0.15, 0.2) is 30.3 Å². The summed E-state index contributed by atoms with van der Waals surface area (Å²) in [6, 6.07) is 10.6. The molecule has 0 aromatic heterocycles. The average molecular weight is 519 g/mol. The van der Waals surface area contributed by atoms with Crippen molar-refractivity contribution in [2.24, 2.45) is 0 Å². The lowest BCUT2D eigenvalue weighted by molar-refractivity contribution is -0.139. The number of unbranched alkanes of at least 4 members (excludes halogenated alkanes) is 1. The summed E-state index contributed by atoms with van der Waals surface area (Å²) in [5, 5.41) is 15.4. The highest BCUT2D eigenvalue weighted by Crippen LogP contribution is 2.22. The van der Waals surface area contributed by atoms with E-state index in [0.29, 0.717) is 26.1 Å². The van der Waals surface area contributed by atoms with Gasteiger partial charge in [-0.25, -0.2) is 9.59 Å². The third-order valence-corrected chi connectivity index (χ3v) is 6.81. The van der Waals surface area contributed by atoms with Crippen LogP contribution in [-0.4, -0.2) is 47.5 Å². The van der Waals surface area contributed by atoms with Crippen LogP contribution in [-0.2, 0) is 20.9 Å². The van der Waals surface area contributed by atoms with Crippen molar-refractivity contribution in [3.8, 4) is 0 Å². The van der Waals surface area contributed by atoms with E-state index >= 15 is 0 Å². The SMILES string of the molecule is C1CCC(NC2CCCCC2)CC1.CC(C)(C)OC(=O)N[C@H](CCCCOCc1ccccc1)C(=O)O. The molecule has 0 saturated heterocycles. The Morgan fingerprint density at radius 2 is 1.49 bits per heavy atom. The number of amides is 1. The van der Waals surface area contributed by atoms with Crippen molar-refractivity contribution in [1.29, 1.82) is 0 Å². The van der Waals surface area contributed by atoms with Gasteiger partial charge >= 0.3 is 12.1 Å². The molecule has 2 aliphatic carbocycles. The number of nitrogens with one attached hydrogen (secondary N) is 2. The van der Waals surface area contributed by atoms with Crippen LogP contribution in [0.5, 0.6) is 0 Å². The molecule has 3 N–H and O–H groups in total. The van der Waals surface area contributed by atoms with E-state index in [1.807, 2.05) is 30.3 Å². The predicted octanol–water partition coefficient (Wildman–Crippen LogP) is 6.59. The molecule has 2 saturated carbocycles. The maximum absolute atomic E-state index is 11.6. The van der Waals surface area contributed by atoms with E-state index in [1.165, 1.54) is 64.2 Å². The first-order chi connectivity index (χ1) is 17.7. The van der Waals surface area contributed by atoms with Gasteiger partial charge in [-0.3, -0.25) is 0 Å². The summed E-state index contributed by atoms with van der Waals surface area (Å²) in [4.78, 5) is 22.8. The summed E-state index contributed by atoms with van der Waals surface area (Å²) < 4.78 is 10.6. The van der Waals surface area contributed by atoms with E-state index in [1.54, 1.807) is 20.8 Å². The third-order valence-electron chi connectivity index (χ3n) is 6.81. The Balaban J connectivity index is 0.000000308. The van der Waals surface area contributed by atoms with Crippen LogP contribution in [0.3, 0.4) is 0 Å². The smallest absolute Gasteiger partial charge is 0.408 e. The molecule has 0 heterocycles. The molecular formula is C30H50N2O5. The molecule has 1 aromatic rings. The van der Waals surface area contributed by atoms with Crippen molar-refractivity contribution in [3.05, 3.63) is 35.9 Å². The molecule has 2 fully saturated rings. The Morgan fingerprint density at radius 1 is 0.919 bits per heavy atom. The van der Waals surface area contributed by atoms with Gasteiger partial charge in [0.05, 0.1) is 6.61 Å². The zero-order valence-electron chi connectivity index (χ0n) is 23.3. The molecule has 0 unspecified atom stereocenters. The molecule has 7 heteroatoms. The highest BCUT2D eigenvalue weighted by molar-refractivity contribution is 5.79.